The predicted molar refractivity (Wildman–Crippen MR) is 84.1 cm³/mol. The molecule has 1 aromatic rings. The van der Waals surface area contributed by atoms with Crippen molar-refractivity contribution in [3.8, 4) is 5.75 Å². The van der Waals surface area contributed by atoms with Crippen molar-refractivity contribution in [2.24, 2.45) is 5.73 Å². The molecule has 2 N–H and O–H groups in total. The second kappa shape index (κ2) is 7.46. The van der Waals surface area contributed by atoms with Gasteiger partial charge in [0.05, 0.1) is 13.2 Å². The Morgan fingerprint density at radius 3 is 2.57 bits per heavy atom. The Morgan fingerprint density at radius 2 is 2.05 bits per heavy atom. The van der Waals surface area contributed by atoms with Gasteiger partial charge in [-0.05, 0) is 37.0 Å². The molecule has 4 heteroatoms. The minimum Gasteiger partial charge on any atom is -0.497 e. The number of carbonyl (C=O) groups excluding carboxylic acids is 1. The second-order valence-electron chi connectivity index (χ2n) is 5.79. The van der Waals surface area contributed by atoms with Crippen molar-refractivity contribution in [3.05, 3.63) is 29.8 Å². The summed E-state index contributed by atoms with van der Waals surface area (Å²) >= 11 is 0. The Morgan fingerprint density at radius 1 is 1.38 bits per heavy atom. The van der Waals surface area contributed by atoms with Crippen molar-refractivity contribution in [3.63, 3.8) is 0 Å². The second-order valence-corrected chi connectivity index (χ2v) is 5.79. The normalized spacial score (nSPS) is 15.6. The first-order chi connectivity index (χ1) is 10.2. The van der Waals surface area contributed by atoms with E-state index in [9.17, 15) is 4.79 Å². The number of carbonyl (C=O) groups is 1. The monoisotopic (exact) mass is 290 g/mol. The third-order valence-electron chi connectivity index (χ3n) is 3.97. The zero-order valence-electron chi connectivity index (χ0n) is 13.0. The van der Waals surface area contributed by atoms with Crippen LogP contribution in [0.3, 0.4) is 0 Å². The Kier molecular flexibility index (Phi) is 5.62. The quantitative estimate of drug-likeness (QED) is 0.801. The molecule has 4 nitrogen and oxygen atoms in total. The maximum atomic E-state index is 12.5. The summed E-state index contributed by atoms with van der Waals surface area (Å²) in [6, 6.07) is 7.91. The summed E-state index contributed by atoms with van der Waals surface area (Å²) in [5, 5.41) is 0. The standard InChI is InChI=1S/C17H26N2O2/c1-3-4-5-16(18)17(20)19(14-8-9-14)12-13-6-10-15(21-2)11-7-13/h6-7,10-11,14,16H,3-5,8-9,12,18H2,1-2H3/t16-/m0/s1. The highest BCUT2D eigenvalue weighted by molar-refractivity contribution is 5.82. The summed E-state index contributed by atoms with van der Waals surface area (Å²) < 4.78 is 5.16. The Bertz CT molecular complexity index is 454. The number of hydrogen-bond donors (Lipinski definition) is 1. The van der Waals surface area contributed by atoms with Crippen molar-refractivity contribution in [1.82, 2.24) is 4.90 Å². The van der Waals surface area contributed by atoms with Crippen LogP contribution in [0, 0.1) is 0 Å². The number of nitrogens with two attached hydrogens (primary N) is 1. The fraction of sp³-hybridized carbons (Fsp3) is 0.588. The van der Waals surface area contributed by atoms with Crippen LogP contribution in [0.1, 0.15) is 44.6 Å². The number of nitrogens with zero attached hydrogens (tertiary/aromatic N) is 1. The van der Waals surface area contributed by atoms with Gasteiger partial charge in [-0.3, -0.25) is 4.79 Å². The molecule has 0 saturated heterocycles. The summed E-state index contributed by atoms with van der Waals surface area (Å²) in [7, 11) is 1.65. The lowest BCUT2D eigenvalue weighted by molar-refractivity contribution is -0.134. The van der Waals surface area contributed by atoms with Crippen LogP contribution < -0.4 is 10.5 Å². The average molecular weight is 290 g/mol. The third-order valence-corrected chi connectivity index (χ3v) is 3.97. The van der Waals surface area contributed by atoms with Crippen molar-refractivity contribution in [2.45, 2.75) is 57.7 Å². The van der Waals surface area contributed by atoms with Crippen LogP contribution in [0.5, 0.6) is 5.75 Å². The van der Waals surface area contributed by atoms with Gasteiger partial charge in [0.2, 0.25) is 5.91 Å². The molecule has 1 amide bonds. The molecular weight excluding hydrogens is 264 g/mol. The van der Waals surface area contributed by atoms with Crippen molar-refractivity contribution < 1.29 is 9.53 Å². The van der Waals surface area contributed by atoms with Gasteiger partial charge in [-0.15, -0.1) is 0 Å². The fourth-order valence-electron chi connectivity index (χ4n) is 2.46. The Hall–Kier alpha value is -1.55. The van der Waals surface area contributed by atoms with E-state index in [0.717, 1.165) is 43.4 Å². The lowest BCUT2D eigenvalue weighted by Crippen LogP contribution is -2.44. The van der Waals surface area contributed by atoms with Crippen LogP contribution >= 0.6 is 0 Å². The van der Waals surface area contributed by atoms with Crippen LogP contribution in [0.4, 0.5) is 0 Å². The molecule has 1 aliphatic carbocycles. The molecule has 0 aliphatic heterocycles. The molecule has 1 fully saturated rings. The van der Waals surface area contributed by atoms with Gasteiger partial charge >= 0.3 is 0 Å². The highest BCUT2D eigenvalue weighted by Crippen LogP contribution is 2.29. The first-order valence-electron chi connectivity index (χ1n) is 7.84. The van der Waals surface area contributed by atoms with E-state index < -0.39 is 0 Å². The minimum atomic E-state index is -0.358. The third kappa shape index (κ3) is 4.46. The van der Waals surface area contributed by atoms with E-state index in [1.165, 1.54) is 0 Å². The first-order valence-corrected chi connectivity index (χ1v) is 7.84. The zero-order valence-corrected chi connectivity index (χ0v) is 13.0. The van der Waals surface area contributed by atoms with Gasteiger partial charge in [0.15, 0.2) is 0 Å². The van der Waals surface area contributed by atoms with Gasteiger partial charge in [0.1, 0.15) is 5.75 Å². The van der Waals surface area contributed by atoms with Gasteiger partial charge in [0, 0.05) is 12.6 Å². The number of ether oxygens (including phenoxy) is 1. The lowest BCUT2D eigenvalue weighted by atomic mass is 10.1. The van der Waals surface area contributed by atoms with Crippen molar-refractivity contribution in [2.75, 3.05) is 7.11 Å². The molecule has 1 aliphatic rings. The zero-order chi connectivity index (χ0) is 15.2. The summed E-state index contributed by atoms with van der Waals surface area (Å²) in [5.41, 5.74) is 7.18. The summed E-state index contributed by atoms with van der Waals surface area (Å²) in [5.74, 6) is 0.935. The first kappa shape index (κ1) is 15.8. The van der Waals surface area contributed by atoms with Gasteiger partial charge < -0.3 is 15.4 Å². The number of methoxy groups -OCH3 is 1. The topological polar surface area (TPSA) is 55.6 Å². The van der Waals surface area contributed by atoms with E-state index in [-0.39, 0.29) is 11.9 Å². The Balaban J connectivity index is 1.99. The largest absolute Gasteiger partial charge is 0.497 e. The molecule has 0 unspecified atom stereocenters. The van der Waals surface area contributed by atoms with Crippen molar-refractivity contribution >= 4 is 5.91 Å². The fourth-order valence-corrected chi connectivity index (χ4v) is 2.46. The van der Waals surface area contributed by atoms with Crippen molar-refractivity contribution in [1.29, 1.82) is 0 Å². The molecule has 1 saturated carbocycles. The molecule has 0 heterocycles. The van der Waals surface area contributed by atoms with Crippen LogP contribution in [-0.4, -0.2) is 30.0 Å². The van der Waals surface area contributed by atoms with Crippen LogP contribution in [0.15, 0.2) is 24.3 Å². The molecule has 2 rings (SSSR count). The van der Waals surface area contributed by atoms with E-state index in [1.807, 2.05) is 29.2 Å². The number of rotatable bonds is 8. The minimum absolute atomic E-state index is 0.0989. The molecular formula is C17H26N2O2. The van der Waals surface area contributed by atoms with Gasteiger partial charge in [-0.1, -0.05) is 31.9 Å². The SMILES string of the molecule is CCCC[C@H](N)C(=O)N(Cc1ccc(OC)cc1)C1CC1. The smallest absolute Gasteiger partial charge is 0.240 e. The van der Waals surface area contributed by atoms with Gasteiger partial charge in [-0.2, -0.15) is 0 Å². The molecule has 0 bridgehead atoms. The number of unbranched alkanes of at least 4 members (excludes halogenated alkanes) is 1. The maximum absolute atomic E-state index is 12.5. The summed E-state index contributed by atoms with van der Waals surface area (Å²) in [4.78, 5) is 14.5. The number of hydrogen-bond acceptors (Lipinski definition) is 3. The van der Waals surface area contributed by atoms with Gasteiger partial charge in [0.25, 0.3) is 0 Å². The van der Waals surface area contributed by atoms with Crippen LogP contribution in [-0.2, 0) is 11.3 Å². The Labute approximate surface area is 127 Å². The maximum Gasteiger partial charge on any atom is 0.240 e. The molecule has 0 spiro atoms. The lowest BCUT2D eigenvalue weighted by Gasteiger charge is -2.26. The molecule has 1 atom stereocenters. The molecule has 116 valence electrons. The summed E-state index contributed by atoms with van der Waals surface area (Å²) in [6.07, 6.45) is 5.06. The summed E-state index contributed by atoms with van der Waals surface area (Å²) in [6.45, 7) is 2.76. The van der Waals surface area contributed by atoms with E-state index in [4.69, 9.17) is 10.5 Å². The van der Waals surface area contributed by atoms with Gasteiger partial charge in [-0.25, -0.2) is 0 Å². The highest BCUT2D eigenvalue weighted by Gasteiger charge is 2.34. The van der Waals surface area contributed by atoms with E-state index in [1.54, 1.807) is 7.11 Å². The predicted octanol–water partition coefficient (Wildman–Crippen LogP) is 2.70. The molecule has 1 aromatic carbocycles. The van der Waals surface area contributed by atoms with Crippen LogP contribution in [0.25, 0.3) is 0 Å². The highest BCUT2D eigenvalue weighted by atomic mass is 16.5. The van der Waals surface area contributed by atoms with E-state index in [2.05, 4.69) is 6.92 Å². The molecule has 21 heavy (non-hydrogen) atoms. The average Bonchev–Trinajstić information content (AvgIpc) is 3.34. The molecule has 0 radical (unpaired) electrons. The number of amides is 1. The molecule has 0 aromatic heterocycles. The number of benzene rings is 1. The van der Waals surface area contributed by atoms with E-state index in [0.29, 0.717) is 12.6 Å². The van der Waals surface area contributed by atoms with Crippen LogP contribution in [0.2, 0.25) is 0 Å². The van der Waals surface area contributed by atoms with E-state index >= 15 is 0 Å².